The molecule has 0 spiro atoms. The molecule has 2 aliphatic heterocycles. The molecule has 0 aliphatic carbocycles. The van der Waals surface area contributed by atoms with E-state index in [1.807, 2.05) is 27.5 Å². The molecule has 8 heteroatoms. The molecule has 1 amide bonds. The molecule has 1 atom stereocenters. The van der Waals surface area contributed by atoms with Crippen LogP contribution >= 0.6 is 24.2 Å². The van der Waals surface area contributed by atoms with Crippen molar-refractivity contribution in [3.8, 4) is 0 Å². The van der Waals surface area contributed by atoms with Crippen LogP contribution in [0, 0.1) is 0 Å². The molecule has 2 fully saturated rings. The first-order valence-corrected chi connectivity index (χ1v) is 8.86. The van der Waals surface area contributed by atoms with Gasteiger partial charge >= 0.3 is 0 Å². The molecular formula is C14H24ClN5OS. The van der Waals surface area contributed by atoms with Crippen LogP contribution in [0.3, 0.4) is 0 Å². The number of nitrogens with zero attached hydrogens (tertiary/aromatic N) is 4. The highest BCUT2D eigenvalue weighted by Crippen LogP contribution is 2.22. The van der Waals surface area contributed by atoms with Crippen LogP contribution < -0.4 is 5.32 Å². The van der Waals surface area contributed by atoms with Crippen molar-refractivity contribution in [1.82, 2.24) is 25.2 Å². The molecule has 0 aromatic carbocycles. The largest absolute Gasteiger partial charge is 0.335 e. The van der Waals surface area contributed by atoms with E-state index in [0.29, 0.717) is 17.0 Å². The number of carbonyl (C=O) groups excluding carboxylic acids is 1. The summed E-state index contributed by atoms with van der Waals surface area (Å²) < 4.78 is 1.88. The Kier molecular flexibility index (Phi) is 6.52. The molecule has 3 heterocycles. The van der Waals surface area contributed by atoms with Gasteiger partial charge in [-0.05, 0) is 32.4 Å². The Labute approximate surface area is 141 Å². The van der Waals surface area contributed by atoms with Crippen LogP contribution in [-0.2, 0) is 0 Å². The fourth-order valence-corrected chi connectivity index (χ4v) is 4.12. The predicted molar refractivity (Wildman–Crippen MR) is 90.9 cm³/mol. The smallest absolute Gasteiger partial charge is 0.276 e. The van der Waals surface area contributed by atoms with Crippen molar-refractivity contribution in [1.29, 1.82) is 0 Å². The van der Waals surface area contributed by atoms with Crippen LogP contribution in [0.25, 0.3) is 0 Å². The highest BCUT2D eigenvalue weighted by Gasteiger charge is 2.26. The molecule has 3 rings (SSSR count). The summed E-state index contributed by atoms with van der Waals surface area (Å²) in [6, 6.07) is 0.376. The normalized spacial score (nSPS) is 23.1. The Morgan fingerprint density at radius 3 is 2.95 bits per heavy atom. The maximum atomic E-state index is 12.5. The van der Waals surface area contributed by atoms with Gasteiger partial charge in [-0.25, -0.2) is 4.68 Å². The Hall–Kier alpha value is -0.790. The van der Waals surface area contributed by atoms with Crippen molar-refractivity contribution in [2.75, 3.05) is 31.9 Å². The fraction of sp³-hybridized carbons (Fsp3) is 0.786. The highest BCUT2D eigenvalue weighted by molar-refractivity contribution is 8.00. The fourth-order valence-electron chi connectivity index (χ4n) is 2.94. The van der Waals surface area contributed by atoms with Crippen molar-refractivity contribution in [2.45, 2.75) is 37.5 Å². The Morgan fingerprint density at radius 2 is 2.23 bits per heavy atom. The first-order chi connectivity index (χ1) is 10.3. The summed E-state index contributed by atoms with van der Waals surface area (Å²) in [6.07, 6.45) is 5.04. The summed E-state index contributed by atoms with van der Waals surface area (Å²) in [4.78, 5) is 14.5. The van der Waals surface area contributed by atoms with Crippen LogP contribution in [0.15, 0.2) is 6.20 Å². The van der Waals surface area contributed by atoms with Gasteiger partial charge in [0.25, 0.3) is 5.91 Å². The highest BCUT2D eigenvalue weighted by atomic mass is 35.5. The lowest BCUT2D eigenvalue weighted by Crippen LogP contribution is -2.41. The Morgan fingerprint density at radius 1 is 1.45 bits per heavy atom. The third-order valence-corrected chi connectivity index (χ3v) is 5.67. The maximum Gasteiger partial charge on any atom is 0.276 e. The first kappa shape index (κ1) is 17.6. The van der Waals surface area contributed by atoms with E-state index < -0.39 is 0 Å². The predicted octanol–water partition coefficient (Wildman–Crippen LogP) is 1.59. The van der Waals surface area contributed by atoms with Gasteiger partial charge in [0.1, 0.15) is 0 Å². The standard InChI is InChI=1S/C14H23N5OS.ClH/c1-2-12-9-18(7-8-21-12)14(20)13-10-19(17-16-13)11-3-5-15-6-4-11;/h10-12,15H,2-9H2,1H3;1H. The van der Waals surface area contributed by atoms with E-state index in [1.54, 1.807) is 0 Å². The third kappa shape index (κ3) is 3.94. The molecular weight excluding hydrogens is 322 g/mol. The molecule has 124 valence electrons. The number of aromatic nitrogens is 3. The lowest BCUT2D eigenvalue weighted by Gasteiger charge is -2.31. The van der Waals surface area contributed by atoms with Crippen molar-refractivity contribution in [3.05, 3.63) is 11.9 Å². The number of amides is 1. The van der Waals surface area contributed by atoms with E-state index in [9.17, 15) is 4.79 Å². The van der Waals surface area contributed by atoms with Gasteiger partial charge in [-0.2, -0.15) is 11.8 Å². The number of halogens is 1. The minimum Gasteiger partial charge on any atom is -0.335 e. The van der Waals surface area contributed by atoms with E-state index in [0.717, 1.165) is 51.2 Å². The Balaban J connectivity index is 0.00000176. The van der Waals surface area contributed by atoms with Crippen LogP contribution in [0.5, 0.6) is 0 Å². The van der Waals surface area contributed by atoms with Crippen molar-refractivity contribution >= 4 is 30.1 Å². The molecule has 0 bridgehead atoms. The number of hydrogen-bond donors (Lipinski definition) is 1. The van der Waals surface area contributed by atoms with E-state index in [2.05, 4.69) is 22.6 Å². The van der Waals surface area contributed by atoms with E-state index in [-0.39, 0.29) is 18.3 Å². The van der Waals surface area contributed by atoms with Crippen molar-refractivity contribution < 1.29 is 4.79 Å². The number of carbonyl (C=O) groups is 1. The summed E-state index contributed by atoms with van der Waals surface area (Å²) in [5.74, 6) is 1.06. The summed E-state index contributed by atoms with van der Waals surface area (Å²) in [5, 5.41) is 12.2. The topological polar surface area (TPSA) is 63.1 Å². The number of nitrogens with one attached hydrogen (secondary N) is 1. The lowest BCUT2D eigenvalue weighted by atomic mass is 10.1. The molecule has 2 saturated heterocycles. The molecule has 0 saturated carbocycles. The minimum atomic E-state index is 0. The lowest BCUT2D eigenvalue weighted by molar-refractivity contribution is 0.0755. The molecule has 1 N–H and O–H groups in total. The summed E-state index contributed by atoms with van der Waals surface area (Å²) >= 11 is 1.97. The second kappa shape index (κ2) is 8.17. The summed E-state index contributed by atoms with van der Waals surface area (Å²) in [5.41, 5.74) is 0.496. The average Bonchev–Trinajstić information content (AvgIpc) is 3.05. The van der Waals surface area contributed by atoms with Crippen LogP contribution in [0.1, 0.15) is 42.7 Å². The molecule has 22 heavy (non-hydrogen) atoms. The minimum absolute atomic E-state index is 0. The van der Waals surface area contributed by atoms with Crippen LogP contribution in [0.2, 0.25) is 0 Å². The summed E-state index contributed by atoms with van der Waals surface area (Å²) in [6.45, 7) is 5.85. The van der Waals surface area contributed by atoms with E-state index in [4.69, 9.17) is 0 Å². The monoisotopic (exact) mass is 345 g/mol. The average molecular weight is 346 g/mol. The van der Waals surface area contributed by atoms with Gasteiger partial charge in [-0.1, -0.05) is 12.1 Å². The maximum absolute atomic E-state index is 12.5. The molecule has 0 radical (unpaired) electrons. The van der Waals surface area contributed by atoms with Gasteiger partial charge in [0.2, 0.25) is 0 Å². The molecule has 6 nitrogen and oxygen atoms in total. The van der Waals surface area contributed by atoms with E-state index >= 15 is 0 Å². The number of rotatable bonds is 3. The number of hydrogen-bond acceptors (Lipinski definition) is 5. The molecule has 1 unspecified atom stereocenters. The van der Waals surface area contributed by atoms with E-state index in [1.165, 1.54) is 0 Å². The van der Waals surface area contributed by atoms with Crippen LogP contribution in [-0.4, -0.2) is 63.0 Å². The number of thioether (sulfide) groups is 1. The Bertz CT molecular complexity index is 491. The third-order valence-electron chi connectivity index (χ3n) is 4.29. The summed E-state index contributed by atoms with van der Waals surface area (Å²) in [7, 11) is 0. The zero-order chi connectivity index (χ0) is 14.7. The van der Waals surface area contributed by atoms with Gasteiger partial charge in [-0.3, -0.25) is 4.79 Å². The first-order valence-electron chi connectivity index (χ1n) is 7.81. The quantitative estimate of drug-likeness (QED) is 0.901. The van der Waals surface area contributed by atoms with Gasteiger partial charge in [0.15, 0.2) is 5.69 Å². The van der Waals surface area contributed by atoms with Crippen molar-refractivity contribution in [2.24, 2.45) is 0 Å². The van der Waals surface area contributed by atoms with Crippen LogP contribution in [0.4, 0.5) is 0 Å². The van der Waals surface area contributed by atoms with Crippen molar-refractivity contribution in [3.63, 3.8) is 0 Å². The molecule has 2 aliphatic rings. The molecule has 1 aromatic rings. The zero-order valence-corrected chi connectivity index (χ0v) is 14.5. The van der Waals surface area contributed by atoms with Gasteiger partial charge in [0, 0.05) is 24.1 Å². The zero-order valence-electron chi connectivity index (χ0n) is 12.9. The second-order valence-corrected chi connectivity index (χ2v) is 7.13. The van der Waals surface area contributed by atoms with Gasteiger partial charge in [0.05, 0.1) is 12.2 Å². The SMILES string of the molecule is CCC1CN(C(=O)c2cn(C3CCNCC3)nn2)CCS1.Cl. The number of piperidine rings is 1. The second-order valence-electron chi connectivity index (χ2n) is 5.72. The van der Waals surface area contributed by atoms with Gasteiger partial charge < -0.3 is 10.2 Å². The molecule has 1 aromatic heterocycles. The van der Waals surface area contributed by atoms with Gasteiger partial charge in [-0.15, -0.1) is 17.5 Å².